The minimum absolute atomic E-state index is 0.166. The van der Waals surface area contributed by atoms with Gasteiger partial charge in [0.15, 0.2) is 6.61 Å². The fourth-order valence-corrected chi connectivity index (χ4v) is 3.28. The van der Waals surface area contributed by atoms with Crippen LogP contribution in [-0.4, -0.2) is 35.9 Å². The van der Waals surface area contributed by atoms with Crippen molar-refractivity contribution >= 4 is 39.3 Å². The van der Waals surface area contributed by atoms with E-state index in [0.717, 1.165) is 21.2 Å². The SMILES string of the molecule is CCNC(=O)[C@@H](C)N(Cc1ccc(Br)cc1)C(=O)COc1cc(C)c(Cl)c(C)c1. The Balaban J connectivity index is 2.16. The summed E-state index contributed by atoms with van der Waals surface area (Å²) in [6.45, 7) is 8.00. The molecule has 0 radical (unpaired) electrons. The van der Waals surface area contributed by atoms with Crippen LogP contribution >= 0.6 is 27.5 Å². The van der Waals surface area contributed by atoms with Gasteiger partial charge < -0.3 is 15.0 Å². The molecule has 2 rings (SSSR count). The number of benzene rings is 2. The second-order valence-corrected chi connectivity index (χ2v) is 8.17. The van der Waals surface area contributed by atoms with Gasteiger partial charge in [-0.15, -0.1) is 0 Å². The Bertz CT molecular complexity index is 848. The van der Waals surface area contributed by atoms with Crippen molar-refractivity contribution < 1.29 is 14.3 Å². The highest BCUT2D eigenvalue weighted by molar-refractivity contribution is 9.10. The predicted molar refractivity (Wildman–Crippen MR) is 119 cm³/mol. The van der Waals surface area contributed by atoms with Gasteiger partial charge >= 0.3 is 0 Å². The molecule has 0 saturated heterocycles. The number of ether oxygens (including phenoxy) is 1. The summed E-state index contributed by atoms with van der Waals surface area (Å²) in [6, 6.07) is 10.6. The highest BCUT2D eigenvalue weighted by Gasteiger charge is 2.26. The molecule has 0 heterocycles. The highest BCUT2D eigenvalue weighted by Crippen LogP contribution is 2.26. The number of amides is 2. The zero-order chi connectivity index (χ0) is 21.6. The molecular formula is C22H26BrClN2O3. The van der Waals surface area contributed by atoms with Gasteiger partial charge in [0.05, 0.1) is 0 Å². The van der Waals surface area contributed by atoms with Gasteiger partial charge in [0.2, 0.25) is 5.91 Å². The van der Waals surface area contributed by atoms with E-state index in [2.05, 4.69) is 21.2 Å². The summed E-state index contributed by atoms with van der Waals surface area (Å²) >= 11 is 9.60. The number of aryl methyl sites for hydroxylation is 2. The monoisotopic (exact) mass is 480 g/mol. The number of rotatable bonds is 8. The van der Waals surface area contributed by atoms with Gasteiger partial charge in [-0.2, -0.15) is 0 Å². The minimum Gasteiger partial charge on any atom is -0.484 e. The van der Waals surface area contributed by atoms with Crippen LogP contribution < -0.4 is 10.1 Å². The van der Waals surface area contributed by atoms with Gasteiger partial charge in [-0.25, -0.2) is 0 Å². The molecule has 0 aliphatic rings. The molecule has 29 heavy (non-hydrogen) atoms. The molecule has 2 aromatic rings. The van der Waals surface area contributed by atoms with Crippen LogP contribution in [0.25, 0.3) is 0 Å². The summed E-state index contributed by atoms with van der Waals surface area (Å²) in [5, 5.41) is 3.46. The summed E-state index contributed by atoms with van der Waals surface area (Å²) in [7, 11) is 0. The molecule has 7 heteroatoms. The molecule has 0 aliphatic carbocycles. The van der Waals surface area contributed by atoms with Crippen molar-refractivity contribution in [3.8, 4) is 5.75 Å². The van der Waals surface area contributed by atoms with Crippen molar-refractivity contribution in [1.82, 2.24) is 10.2 Å². The van der Waals surface area contributed by atoms with E-state index in [4.69, 9.17) is 16.3 Å². The lowest BCUT2D eigenvalue weighted by atomic mass is 10.1. The number of nitrogens with zero attached hydrogens (tertiary/aromatic N) is 1. The summed E-state index contributed by atoms with van der Waals surface area (Å²) in [5.74, 6) is 0.111. The van der Waals surface area contributed by atoms with Gasteiger partial charge in [0.25, 0.3) is 5.91 Å². The van der Waals surface area contributed by atoms with Gasteiger partial charge in [0.1, 0.15) is 11.8 Å². The first kappa shape index (κ1) is 23.2. The van der Waals surface area contributed by atoms with Crippen molar-refractivity contribution in [2.45, 2.75) is 40.3 Å². The molecule has 0 fully saturated rings. The fraction of sp³-hybridized carbons (Fsp3) is 0.364. The number of likely N-dealkylation sites (N-methyl/N-ethyl adjacent to an activating group) is 1. The molecule has 2 amide bonds. The van der Waals surface area contributed by atoms with Crippen molar-refractivity contribution in [3.05, 3.63) is 62.6 Å². The second kappa shape index (κ2) is 10.6. The molecule has 156 valence electrons. The van der Waals surface area contributed by atoms with E-state index in [1.54, 1.807) is 19.1 Å². The number of carbonyl (C=O) groups is 2. The number of hydrogen-bond acceptors (Lipinski definition) is 3. The van der Waals surface area contributed by atoms with Crippen LogP contribution in [0.3, 0.4) is 0 Å². The third-order valence-electron chi connectivity index (χ3n) is 4.56. The van der Waals surface area contributed by atoms with E-state index < -0.39 is 6.04 Å². The molecular weight excluding hydrogens is 456 g/mol. The molecule has 0 aliphatic heterocycles. The lowest BCUT2D eigenvalue weighted by Crippen LogP contribution is -2.49. The fourth-order valence-electron chi connectivity index (χ4n) is 2.91. The normalized spacial score (nSPS) is 11.7. The average molecular weight is 482 g/mol. The van der Waals surface area contributed by atoms with Crippen LogP contribution in [0.5, 0.6) is 5.75 Å². The third-order valence-corrected chi connectivity index (χ3v) is 5.68. The first-order valence-corrected chi connectivity index (χ1v) is 10.6. The Kier molecular flexibility index (Phi) is 8.53. The Hall–Kier alpha value is -2.05. The van der Waals surface area contributed by atoms with Crippen LogP contribution in [-0.2, 0) is 16.1 Å². The second-order valence-electron chi connectivity index (χ2n) is 6.88. The van der Waals surface area contributed by atoms with Crippen LogP contribution in [0.4, 0.5) is 0 Å². The largest absolute Gasteiger partial charge is 0.484 e. The Morgan fingerprint density at radius 3 is 2.31 bits per heavy atom. The van der Waals surface area contributed by atoms with E-state index in [-0.39, 0.29) is 18.4 Å². The summed E-state index contributed by atoms with van der Waals surface area (Å²) < 4.78 is 6.67. The molecule has 2 aromatic carbocycles. The van der Waals surface area contributed by atoms with Crippen LogP contribution in [0, 0.1) is 13.8 Å². The number of hydrogen-bond donors (Lipinski definition) is 1. The van der Waals surface area contributed by atoms with Crippen LogP contribution in [0.1, 0.15) is 30.5 Å². The highest BCUT2D eigenvalue weighted by atomic mass is 79.9. The van der Waals surface area contributed by atoms with E-state index in [9.17, 15) is 9.59 Å². The smallest absolute Gasteiger partial charge is 0.261 e. The Labute approximate surface area is 185 Å². The van der Waals surface area contributed by atoms with E-state index in [1.807, 2.05) is 45.0 Å². The van der Waals surface area contributed by atoms with E-state index in [0.29, 0.717) is 23.9 Å². The molecule has 5 nitrogen and oxygen atoms in total. The van der Waals surface area contributed by atoms with Gasteiger partial charge in [0, 0.05) is 22.6 Å². The first-order chi connectivity index (χ1) is 13.7. The zero-order valence-corrected chi connectivity index (χ0v) is 19.4. The minimum atomic E-state index is -0.622. The van der Waals surface area contributed by atoms with Crippen molar-refractivity contribution in [1.29, 1.82) is 0 Å². The third kappa shape index (κ3) is 6.47. The van der Waals surface area contributed by atoms with Gasteiger partial charge in [-0.3, -0.25) is 9.59 Å². The molecule has 1 N–H and O–H groups in total. The Morgan fingerprint density at radius 2 is 1.76 bits per heavy atom. The van der Waals surface area contributed by atoms with E-state index >= 15 is 0 Å². The predicted octanol–water partition coefficient (Wildman–Crippen LogP) is 4.65. The van der Waals surface area contributed by atoms with Gasteiger partial charge in [-0.05, 0) is 68.7 Å². The maximum Gasteiger partial charge on any atom is 0.261 e. The van der Waals surface area contributed by atoms with Crippen LogP contribution in [0.2, 0.25) is 5.02 Å². The Morgan fingerprint density at radius 1 is 1.17 bits per heavy atom. The maximum atomic E-state index is 13.0. The van der Waals surface area contributed by atoms with Gasteiger partial charge in [-0.1, -0.05) is 39.7 Å². The first-order valence-electron chi connectivity index (χ1n) is 9.44. The number of nitrogens with one attached hydrogen (secondary N) is 1. The summed E-state index contributed by atoms with van der Waals surface area (Å²) in [6.07, 6.45) is 0. The molecule has 0 aromatic heterocycles. The lowest BCUT2D eigenvalue weighted by Gasteiger charge is -2.28. The molecule has 0 saturated carbocycles. The topological polar surface area (TPSA) is 58.6 Å². The lowest BCUT2D eigenvalue weighted by molar-refractivity contribution is -0.142. The average Bonchev–Trinajstić information content (AvgIpc) is 2.69. The van der Waals surface area contributed by atoms with Crippen molar-refractivity contribution in [2.24, 2.45) is 0 Å². The molecule has 0 unspecified atom stereocenters. The summed E-state index contributed by atoms with van der Waals surface area (Å²) in [4.78, 5) is 26.9. The molecule has 0 spiro atoms. The van der Waals surface area contributed by atoms with Crippen molar-refractivity contribution in [3.63, 3.8) is 0 Å². The van der Waals surface area contributed by atoms with Crippen molar-refractivity contribution in [2.75, 3.05) is 13.2 Å². The number of halogens is 2. The zero-order valence-electron chi connectivity index (χ0n) is 17.1. The van der Waals surface area contributed by atoms with Crippen LogP contribution in [0.15, 0.2) is 40.9 Å². The molecule has 0 bridgehead atoms. The summed E-state index contributed by atoms with van der Waals surface area (Å²) in [5.41, 5.74) is 2.70. The molecule has 1 atom stereocenters. The standard InChI is InChI=1S/C22H26BrClN2O3/c1-5-25-22(28)16(4)26(12-17-6-8-18(23)9-7-17)20(27)13-29-19-10-14(2)21(24)15(3)11-19/h6-11,16H,5,12-13H2,1-4H3,(H,25,28)/t16-/m1/s1. The maximum absolute atomic E-state index is 13.0. The number of carbonyl (C=O) groups excluding carboxylic acids is 2. The van der Waals surface area contributed by atoms with E-state index in [1.165, 1.54) is 4.90 Å². The quantitative estimate of drug-likeness (QED) is 0.597.